The molecule has 3 rings (SSSR count). The predicted octanol–water partition coefficient (Wildman–Crippen LogP) is 12.8. The van der Waals surface area contributed by atoms with Crippen LogP contribution < -0.4 is 0 Å². The lowest BCUT2D eigenvalue weighted by Gasteiger charge is -2.38. The molecule has 0 aliphatic heterocycles. The molecule has 2 aliphatic carbocycles. The van der Waals surface area contributed by atoms with Crippen molar-refractivity contribution in [1.82, 2.24) is 0 Å². The Morgan fingerprint density at radius 3 is 1.46 bits per heavy atom. The summed E-state index contributed by atoms with van der Waals surface area (Å²) in [6.07, 6.45) is 11.8. The van der Waals surface area contributed by atoms with Crippen LogP contribution in [0, 0.1) is 80.2 Å². The average molecular weight is 763 g/mol. The van der Waals surface area contributed by atoms with Crippen LogP contribution in [0.4, 0.5) is 0 Å². The molecule has 0 fully saturated rings. The fraction of sp³-hybridized carbons (Fsp3) is 0.469. The van der Waals surface area contributed by atoms with Crippen LogP contribution in [0.3, 0.4) is 0 Å². The van der Waals surface area contributed by atoms with Gasteiger partial charge >= 0.3 is 0 Å². The number of benzene rings is 1. The van der Waals surface area contributed by atoms with Gasteiger partial charge in [-0.1, -0.05) is 181 Å². The van der Waals surface area contributed by atoms with Gasteiger partial charge in [0, 0.05) is 11.5 Å². The molecule has 1 unspecified atom stereocenters. The number of rotatable bonds is 7. The molecule has 54 heavy (non-hydrogen) atoms. The van der Waals surface area contributed by atoms with Gasteiger partial charge in [-0.15, -0.1) is 16.6 Å². The summed E-state index contributed by atoms with van der Waals surface area (Å²) in [7, 11) is -5.92. The van der Waals surface area contributed by atoms with E-state index in [0.29, 0.717) is 38.8 Å². The summed E-state index contributed by atoms with van der Waals surface area (Å²) in [5.74, 6) is 17.6. The SMILES string of the molecule is CC(C)[Si](C#C/C(C#Cc1ccc(C2=CC3=CC=CC=CC3C2(C#N)C#N)cc1)=C(/C#C[Si](C)(C)C)C#C[Si](C(C)C)(C(C)C)C(C)C)(C(C)C)C(C)C. The minimum absolute atomic E-state index is 0.317. The van der Waals surface area contributed by atoms with Crippen molar-refractivity contribution in [2.45, 2.75) is 136 Å². The highest BCUT2D eigenvalue weighted by atomic mass is 28.3. The van der Waals surface area contributed by atoms with Gasteiger partial charge in [-0.3, -0.25) is 0 Å². The number of allylic oxidation sites excluding steroid dienone is 10. The van der Waals surface area contributed by atoms with Crippen molar-refractivity contribution in [2.75, 3.05) is 0 Å². The predicted molar refractivity (Wildman–Crippen MR) is 241 cm³/mol. The molecule has 5 heteroatoms. The van der Waals surface area contributed by atoms with Crippen LogP contribution >= 0.6 is 0 Å². The van der Waals surface area contributed by atoms with Crippen LogP contribution in [0.2, 0.25) is 52.9 Å². The van der Waals surface area contributed by atoms with Crippen molar-refractivity contribution in [3.8, 4) is 58.4 Å². The first-order valence-electron chi connectivity index (χ1n) is 19.8. The highest BCUT2D eigenvalue weighted by molar-refractivity contribution is 6.91. The molecule has 0 amide bonds. The van der Waals surface area contributed by atoms with Gasteiger partial charge in [0.2, 0.25) is 0 Å². The molecule has 0 saturated carbocycles. The van der Waals surface area contributed by atoms with E-state index < -0.39 is 29.6 Å². The van der Waals surface area contributed by atoms with Gasteiger partial charge in [0.15, 0.2) is 5.41 Å². The normalized spacial score (nSPS) is 16.8. The molecular formula is C49H62N2Si3. The van der Waals surface area contributed by atoms with Gasteiger partial charge in [0.25, 0.3) is 0 Å². The van der Waals surface area contributed by atoms with Crippen molar-refractivity contribution >= 4 is 29.8 Å². The van der Waals surface area contributed by atoms with E-state index >= 15 is 0 Å². The van der Waals surface area contributed by atoms with Crippen LogP contribution in [0.25, 0.3) is 5.57 Å². The molecule has 0 spiro atoms. The van der Waals surface area contributed by atoms with Crippen LogP contribution in [0.5, 0.6) is 0 Å². The average Bonchev–Trinajstić information content (AvgIpc) is 3.20. The Labute approximate surface area is 333 Å². The van der Waals surface area contributed by atoms with Gasteiger partial charge in [0.05, 0.1) is 23.3 Å². The van der Waals surface area contributed by atoms with E-state index in [1.807, 2.05) is 60.7 Å². The maximum Gasteiger partial charge on any atom is 0.179 e. The molecule has 1 aromatic rings. The van der Waals surface area contributed by atoms with Crippen molar-refractivity contribution in [3.63, 3.8) is 0 Å². The fourth-order valence-electron chi connectivity index (χ4n) is 8.83. The molecule has 0 N–H and O–H groups in total. The van der Waals surface area contributed by atoms with Crippen LogP contribution in [-0.4, -0.2) is 24.2 Å². The Morgan fingerprint density at radius 2 is 1.04 bits per heavy atom. The smallest absolute Gasteiger partial charge is 0.179 e. The molecular weight excluding hydrogens is 701 g/mol. The minimum atomic E-state index is -2.09. The summed E-state index contributed by atoms with van der Waals surface area (Å²) in [4.78, 5) is 0. The second kappa shape index (κ2) is 18.0. The molecule has 0 radical (unpaired) electrons. The van der Waals surface area contributed by atoms with E-state index in [1.54, 1.807) is 0 Å². The minimum Gasteiger partial charge on any atom is -0.196 e. The molecule has 2 nitrogen and oxygen atoms in total. The third-order valence-corrected chi connectivity index (χ3v) is 25.1. The Bertz CT molecular complexity index is 2010. The van der Waals surface area contributed by atoms with E-state index in [2.05, 4.69) is 161 Å². The van der Waals surface area contributed by atoms with Gasteiger partial charge < -0.3 is 0 Å². The fourth-order valence-corrected chi connectivity index (χ4v) is 19.7. The number of fused-ring (bicyclic) bond motifs is 1. The first-order chi connectivity index (χ1) is 25.2. The first-order valence-corrected chi connectivity index (χ1v) is 27.8. The summed E-state index contributed by atoms with van der Waals surface area (Å²) in [6.45, 7) is 34.9. The molecule has 2 aliphatic rings. The van der Waals surface area contributed by atoms with Gasteiger partial charge in [-0.05, 0) is 62.1 Å². The van der Waals surface area contributed by atoms with Crippen molar-refractivity contribution < 1.29 is 0 Å². The third-order valence-electron chi connectivity index (χ3n) is 11.6. The zero-order valence-corrected chi connectivity index (χ0v) is 38.7. The molecule has 0 aromatic heterocycles. The monoisotopic (exact) mass is 762 g/mol. The second-order valence-electron chi connectivity index (χ2n) is 17.9. The van der Waals surface area contributed by atoms with Gasteiger partial charge in [-0.2, -0.15) is 10.5 Å². The summed E-state index contributed by atoms with van der Waals surface area (Å²) < 4.78 is 0. The summed E-state index contributed by atoms with van der Waals surface area (Å²) in [5, 5.41) is 20.7. The summed E-state index contributed by atoms with van der Waals surface area (Å²) >= 11 is 0. The topological polar surface area (TPSA) is 47.6 Å². The van der Waals surface area contributed by atoms with Crippen molar-refractivity contribution in [3.05, 3.63) is 88.6 Å². The maximum atomic E-state index is 10.4. The van der Waals surface area contributed by atoms with E-state index in [1.165, 1.54) is 0 Å². The van der Waals surface area contributed by atoms with Gasteiger partial charge in [0.1, 0.15) is 24.2 Å². The molecule has 1 aromatic carbocycles. The standard InChI is InChI=1S/C49H62N2Si3/c1-36(2)53(37(3)4,38(5)6)31-28-43(44(27-30-52(13,14)15)29-32-54(39(7)8,40(9)10)41(11)12)24-21-42-22-25-45(26-23-42)48-33-46-19-17-16-18-20-47(46)49(48,34-50)35-51/h16-20,22-23,25-26,33,36-41,47H,1-15H3/b44-43-. The quantitative estimate of drug-likeness (QED) is 0.205. The summed E-state index contributed by atoms with van der Waals surface area (Å²) in [5.41, 5.74) is 17.9. The zero-order chi connectivity index (χ0) is 40.6. The zero-order valence-electron chi connectivity index (χ0n) is 35.7. The largest absolute Gasteiger partial charge is 0.196 e. The first kappa shape index (κ1) is 44.2. The molecule has 0 bridgehead atoms. The molecule has 0 saturated heterocycles. The van der Waals surface area contributed by atoms with E-state index in [4.69, 9.17) is 0 Å². The highest BCUT2D eigenvalue weighted by Crippen LogP contribution is 2.52. The van der Waals surface area contributed by atoms with E-state index in [0.717, 1.165) is 27.8 Å². The Morgan fingerprint density at radius 1 is 0.593 bits per heavy atom. The number of nitrogens with zero attached hydrogens (tertiary/aromatic N) is 2. The number of nitriles is 2. The number of hydrogen-bond acceptors (Lipinski definition) is 2. The lowest BCUT2D eigenvalue weighted by molar-refractivity contribution is 0.578. The summed E-state index contributed by atoms with van der Waals surface area (Å²) in [6, 6.07) is 12.7. The molecule has 0 heterocycles. The molecule has 280 valence electrons. The lowest BCUT2D eigenvalue weighted by atomic mass is 9.73. The van der Waals surface area contributed by atoms with Crippen molar-refractivity contribution in [1.29, 1.82) is 10.5 Å². The van der Waals surface area contributed by atoms with Crippen LogP contribution in [0.1, 0.15) is 94.2 Å². The third kappa shape index (κ3) is 9.17. The Hall–Kier alpha value is -4.21. The van der Waals surface area contributed by atoms with Crippen LogP contribution in [-0.2, 0) is 0 Å². The van der Waals surface area contributed by atoms with E-state index in [-0.39, 0.29) is 5.92 Å². The molecule has 1 atom stereocenters. The van der Waals surface area contributed by atoms with Crippen molar-refractivity contribution in [2.24, 2.45) is 11.3 Å². The number of hydrogen-bond donors (Lipinski definition) is 0. The Kier molecular flexibility index (Phi) is 14.7. The highest BCUT2D eigenvalue weighted by Gasteiger charge is 2.48. The van der Waals surface area contributed by atoms with Gasteiger partial charge in [-0.25, -0.2) is 0 Å². The maximum absolute atomic E-state index is 10.4. The second-order valence-corrected chi connectivity index (χ2v) is 33.8. The van der Waals surface area contributed by atoms with E-state index in [9.17, 15) is 10.5 Å². The van der Waals surface area contributed by atoms with Crippen LogP contribution in [0.15, 0.2) is 77.4 Å². The lowest BCUT2D eigenvalue weighted by Crippen LogP contribution is -2.43. The Balaban J connectivity index is 2.37.